The number of carbonyl (C=O) groups excluding carboxylic acids is 2. The molecule has 168 valence electrons. The second-order valence-electron chi connectivity index (χ2n) is 7.39. The number of carbonyl (C=O) groups is 2. The van der Waals surface area contributed by atoms with E-state index >= 15 is 0 Å². The Kier molecular flexibility index (Phi) is 5.71. The number of Topliss-reactive ketones (excluding diaryl/α,β-unsaturated/α-hetero) is 1. The van der Waals surface area contributed by atoms with Crippen LogP contribution in [0.4, 0.5) is 17.6 Å². The third kappa shape index (κ3) is 4.34. The first-order valence-corrected chi connectivity index (χ1v) is 9.78. The summed E-state index contributed by atoms with van der Waals surface area (Å²) in [4.78, 5) is 31.1. The lowest BCUT2D eigenvalue weighted by molar-refractivity contribution is -0.140. The summed E-state index contributed by atoms with van der Waals surface area (Å²) in [5.41, 5.74) is -0.675. The Morgan fingerprint density at radius 2 is 1.73 bits per heavy atom. The first-order valence-electron chi connectivity index (χ1n) is 9.78. The molecule has 1 amide bonds. The highest BCUT2D eigenvalue weighted by Crippen LogP contribution is 2.40. The lowest BCUT2D eigenvalue weighted by Crippen LogP contribution is -2.29. The zero-order valence-corrected chi connectivity index (χ0v) is 16.9. The molecule has 1 unspecified atom stereocenters. The van der Waals surface area contributed by atoms with Crippen LogP contribution in [0.2, 0.25) is 0 Å². The van der Waals surface area contributed by atoms with Crippen molar-refractivity contribution in [2.75, 3.05) is 0 Å². The Morgan fingerprint density at radius 1 is 1.00 bits per heavy atom. The van der Waals surface area contributed by atoms with Crippen LogP contribution < -0.4 is 0 Å². The molecule has 5 nitrogen and oxygen atoms in total. The second-order valence-corrected chi connectivity index (χ2v) is 7.39. The molecule has 0 spiro atoms. The number of amides is 1. The minimum absolute atomic E-state index is 0.106. The Bertz CT molecular complexity index is 1240. The normalized spacial score (nSPS) is 18.1. The minimum Gasteiger partial charge on any atom is -0.507 e. The number of ketones is 1. The summed E-state index contributed by atoms with van der Waals surface area (Å²) < 4.78 is 52.7. The van der Waals surface area contributed by atoms with Crippen molar-refractivity contribution >= 4 is 17.4 Å². The Hall–Kier alpha value is -4.01. The Morgan fingerprint density at radius 3 is 2.36 bits per heavy atom. The highest BCUT2D eigenvalue weighted by atomic mass is 19.4. The molecule has 0 radical (unpaired) electrons. The topological polar surface area (TPSA) is 70.5 Å². The van der Waals surface area contributed by atoms with E-state index in [2.05, 4.69) is 4.98 Å². The lowest BCUT2D eigenvalue weighted by atomic mass is 9.98. The molecule has 2 heterocycles. The number of hydrogen-bond donors (Lipinski definition) is 1. The maximum absolute atomic E-state index is 13.3. The molecular weight excluding hydrogens is 440 g/mol. The number of pyridine rings is 1. The van der Waals surface area contributed by atoms with Crippen molar-refractivity contribution in [3.63, 3.8) is 0 Å². The largest absolute Gasteiger partial charge is 0.507 e. The van der Waals surface area contributed by atoms with Crippen LogP contribution >= 0.6 is 0 Å². The predicted octanol–water partition coefficient (Wildman–Crippen LogP) is 4.86. The van der Waals surface area contributed by atoms with E-state index in [0.29, 0.717) is 0 Å². The van der Waals surface area contributed by atoms with Gasteiger partial charge in [0.05, 0.1) is 16.8 Å². The molecule has 0 aliphatic carbocycles. The number of alkyl halides is 3. The molecule has 1 aromatic heterocycles. The van der Waals surface area contributed by atoms with Crippen LogP contribution in [0.15, 0.2) is 78.5 Å². The van der Waals surface area contributed by atoms with E-state index in [1.54, 1.807) is 12.1 Å². The van der Waals surface area contributed by atoms with Gasteiger partial charge in [-0.05, 0) is 54.1 Å². The van der Waals surface area contributed by atoms with Gasteiger partial charge in [-0.15, -0.1) is 0 Å². The van der Waals surface area contributed by atoms with Gasteiger partial charge in [0.1, 0.15) is 17.6 Å². The molecule has 1 N–H and O–H groups in total. The molecule has 33 heavy (non-hydrogen) atoms. The molecule has 1 atom stereocenters. The summed E-state index contributed by atoms with van der Waals surface area (Å²) in [5, 5.41) is 10.8. The van der Waals surface area contributed by atoms with Crippen LogP contribution in [0.25, 0.3) is 5.76 Å². The van der Waals surface area contributed by atoms with Crippen molar-refractivity contribution in [3.05, 3.63) is 107 Å². The SMILES string of the molecule is O=C1C(=O)N(Cc2cccc(C(F)(F)F)c2)C(c2ccccn2)/C1=C(\O)c1ccc(F)cc1. The van der Waals surface area contributed by atoms with Gasteiger partial charge in [-0.2, -0.15) is 13.2 Å². The first-order chi connectivity index (χ1) is 15.7. The smallest absolute Gasteiger partial charge is 0.416 e. The molecule has 1 aliphatic rings. The number of nitrogens with zero attached hydrogens (tertiary/aromatic N) is 2. The monoisotopic (exact) mass is 456 g/mol. The molecule has 4 rings (SSSR count). The molecule has 2 aromatic carbocycles. The van der Waals surface area contributed by atoms with Crippen molar-refractivity contribution in [3.8, 4) is 0 Å². The van der Waals surface area contributed by atoms with Gasteiger partial charge in [-0.3, -0.25) is 14.6 Å². The number of aliphatic hydroxyl groups excluding tert-OH is 1. The molecule has 1 fully saturated rings. The third-order valence-corrected chi connectivity index (χ3v) is 5.23. The van der Waals surface area contributed by atoms with Gasteiger partial charge < -0.3 is 10.0 Å². The van der Waals surface area contributed by atoms with Crippen LogP contribution in [0, 0.1) is 5.82 Å². The van der Waals surface area contributed by atoms with Gasteiger partial charge in [-0.1, -0.05) is 18.2 Å². The van der Waals surface area contributed by atoms with Crippen LogP contribution in [-0.2, 0) is 22.3 Å². The van der Waals surface area contributed by atoms with Crippen molar-refractivity contribution in [2.45, 2.75) is 18.8 Å². The van der Waals surface area contributed by atoms with E-state index in [0.717, 1.165) is 29.2 Å². The zero-order valence-electron chi connectivity index (χ0n) is 16.9. The second kappa shape index (κ2) is 8.50. The summed E-state index contributed by atoms with van der Waals surface area (Å²) in [6.07, 6.45) is -3.15. The lowest BCUT2D eigenvalue weighted by Gasteiger charge is -2.25. The number of aliphatic hydroxyl groups is 1. The van der Waals surface area contributed by atoms with Crippen LogP contribution in [-0.4, -0.2) is 26.7 Å². The minimum atomic E-state index is -4.58. The van der Waals surface area contributed by atoms with Gasteiger partial charge in [0.15, 0.2) is 0 Å². The highest BCUT2D eigenvalue weighted by molar-refractivity contribution is 6.46. The summed E-state index contributed by atoms with van der Waals surface area (Å²) in [6, 6.07) is 12.7. The number of halogens is 4. The van der Waals surface area contributed by atoms with Crippen LogP contribution in [0.3, 0.4) is 0 Å². The summed E-state index contributed by atoms with van der Waals surface area (Å²) >= 11 is 0. The fourth-order valence-electron chi connectivity index (χ4n) is 3.69. The molecule has 1 saturated heterocycles. The van der Waals surface area contributed by atoms with Gasteiger partial charge in [0, 0.05) is 18.3 Å². The number of benzene rings is 2. The quantitative estimate of drug-likeness (QED) is 0.264. The highest BCUT2D eigenvalue weighted by Gasteiger charge is 2.46. The van der Waals surface area contributed by atoms with Gasteiger partial charge >= 0.3 is 6.18 Å². The Labute approximate surface area is 185 Å². The number of rotatable bonds is 4. The van der Waals surface area contributed by atoms with E-state index in [4.69, 9.17) is 0 Å². The number of likely N-dealkylation sites (tertiary alicyclic amines) is 1. The Balaban J connectivity index is 1.82. The van der Waals surface area contributed by atoms with E-state index in [1.807, 2.05) is 0 Å². The molecule has 9 heteroatoms. The predicted molar refractivity (Wildman–Crippen MR) is 110 cm³/mol. The third-order valence-electron chi connectivity index (χ3n) is 5.23. The molecule has 3 aromatic rings. The van der Waals surface area contributed by atoms with E-state index in [1.165, 1.54) is 36.5 Å². The van der Waals surface area contributed by atoms with E-state index in [9.17, 15) is 32.3 Å². The zero-order chi connectivity index (χ0) is 23.8. The average molecular weight is 456 g/mol. The molecule has 0 bridgehead atoms. The van der Waals surface area contributed by atoms with Gasteiger partial charge in [-0.25, -0.2) is 4.39 Å². The van der Waals surface area contributed by atoms with Crippen LogP contribution in [0.5, 0.6) is 0 Å². The van der Waals surface area contributed by atoms with E-state index < -0.39 is 41.0 Å². The maximum atomic E-state index is 13.3. The first kappa shape index (κ1) is 22.2. The maximum Gasteiger partial charge on any atom is 0.416 e. The fourth-order valence-corrected chi connectivity index (χ4v) is 3.69. The summed E-state index contributed by atoms with van der Waals surface area (Å²) in [7, 11) is 0. The summed E-state index contributed by atoms with van der Waals surface area (Å²) in [6.45, 7) is -0.323. The van der Waals surface area contributed by atoms with E-state index in [-0.39, 0.29) is 28.9 Å². The average Bonchev–Trinajstić information content (AvgIpc) is 3.04. The summed E-state index contributed by atoms with van der Waals surface area (Å²) in [5.74, 6) is -3.10. The van der Waals surface area contributed by atoms with Crippen LogP contribution in [0.1, 0.15) is 28.4 Å². The molecule has 0 saturated carbocycles. The fraction of sp³-hybridized carbons (Fsp3) is 0.125. The van der Waals surface area contributed by atoms with Crippen molar-refractivity contribution in [1.82, 2.24) is 9.88 Å². The molecule has 1 aliphatic heterocycles. The van der Waals surface area contributed by atoms with Gasteiger partial charge in [0.2, 0.25) is 0 Å². The van der Waals surface area contributed by atoms with Crippen molar-refractivity contribution < 1.29 is 32.3 Å². The number of hydrogen-bond acceptors (Lipinski definition) is 4. The standard InChI is InChI=1S/C24H16F4N2O3/c25-17-9-7-15(8-10-17)21(31)19-20(18-6-1-2-11-29-18)30(23(33)22(19)32)13-14-4-3-5-16(12-14)24(26,27)28/h1-12,20,31H,13H2/b21-19+. The van der Waals surface area contributed by atoms with Crippen molar-refractivity contribution in [1.29, 1.82) is 0 Å². The molecular formula is C24H16F4N2O3. The number of aromatic nitrogens is 1. The van der Waals surface area contributed by atoms with Gasteiger partial charge in [0.25, 0.3) is 11.7 Å². The van der Waals surface area contributed by atoms with Crippen molar-refractivity contribution in [2.24, 2.45) is 0 Å².